The van der Waals surface area contributed by atoms with Gasteiger partial charge in [0.05, 0.1) is 4.91 Å². The number of nitrogens with two attached hydrogens (primary N) is 1. The molecule has 2 N–H and O–H groups in total. The third kappa shape index (κ3) is 1.92. The number of rotatable bonds is 1. The first-order valence-electron chi connectivity index (χ1n) is 3.71. The molecule has 80 valence electrons. The summed E-state index contributed by atoms with van der Waals surface area (Å²) in [5.41, 5.74) is 0.447. The van der Waals surface area contributed by atoms with E-state index in [0.29, 0.717) is 5.70 Å². The van der Waals surface area contributed by atoms with Crippen molar-refractivity contribution < 1.29 is 21.6 Å². The van der Waals surface area contributed by atoms with Crippen LogP contribution in [0.25, 0.3) is 0 Å². The molecule has 0 saturated heterocycles. The predicted octanol–water partition coefficient (Wildman–Crippen LogP) is 1.44. The van der Waals surface area contributed by atoms with Gasteiger partial charge in [0.15, 0.2) is 0 Å². The number of hydrogen-bond donors (Lipinski definition) is 1. The predicted molar refractivity (Wildman–Crippen MR) is 44.6 cm³/mol. The van der Waals surface area contributed by atoms with Crippen LogP contribution < -0.4 is 5.73 Å². The molecule has 0 aromatic heterocycles. The Kier molecular flexibility index (Phi) is 2.62. The molecule has 0 unspecified atom stereocenters. The molecule has 0 fully saturated rings. The highest BCUT2D eigenvalue weighted by molar-refractivity contribution is 7.96. The summed E-state index contributed by atoms with van der Waals surface area (Å²) in [4.78, 5) is -0.626. The van der Waals surface area contributed by atoms with E-state index in [2.05, 4.69) is 0 Å². The molecule has 0 bridgehead atoms. The molecule has 14 heavy (non-hydrogen) atoms. The molecule has 0 aliphatic heterocycles. The van der Waals surface area contributed by atoms with Gasteiger partial charge in [-0.15, -0.1) is 0 Å². The summed E-state index contributed by atoms with van der Waals surface area (Å²) in [6.07, 6.45) is 2.04. The van der Waals surface area contributed by atoms with Crippen LogP contribution in [0.1, 0.15) is 12.8 Å². The smallest absolute Gasteiger partial charge is 0.402 e. The number of halogens is 3. The lowest BCUT2D eigenvalue weighted by molar-refractivity contribution is -0.0427. The molecular formula is C7H8F3NO2S. The minimum absolute atomic E-state index is 0.140. The van der Waals surface area contributed by atoms with Crippen molar-refractivity contribution in [1.29, 1.82) is 0 Å². The fourth-order valence-electron chi connectivity index (χ4n) is 1.01. The summed E-state index contributed by atoms with van der Waals surface area (Å²) in [6, 6.07) is 0. The lowest BCUT2D eigenvalue weighted by atomic mass is 10.1. The molecule has 0 atom stereocenters. The maximum atomic E-state index is 12.0. The summed E-state index contributed by atoms with van der Waals surface area (Å²) in [5, 5.41) is 0. The largest absolute Gasteiger partial charge is 0.501 e. The first kappa shape index (κ1) is 11.1. The van der Waals surface area contributed by atoms with E-state index in [1.54, 1.807) is 0 Å². The molecule has 1 rings (SSSR count). The molecule has 0 heterocycles. The van der Waals surface area contributed by atoms with E-state index in [1.165, 1.54) is 6.08 Å². The van der Waals surface area contributed by atoms with Crippen LogP contribution in [0, 0.1) is 0 Å². The van der Waals surface area contributed by atoms with Crippen molar-refractivity contribution >= 4 is 9.84 Å². The molecule has 0 aromatic rings. The summed E-state index contributed by atoms with van der Waals surface area (Å²) in [6.45, 7) is 0. The number of sulfone groups is 1. The fourth-order valence-corrected chi connectivity index (χ4v) is 1.92. The minimum Gasteiger partial charge on any atom is -0.402 e. The summed E-state index contributed by atoms with van der Waals surface area (Å²) >= 11 is 0. The Hall–Kier alpha value is -0.980. The maximum Gasteiger partial charge on any atom is 0.501 e. The van der Waals surface area contributed by atoms with Gasteiger partial charge in [0, 0.05) is 5.70 Å². The van der Waals surface area contributed by atoms with Crippen LogP contribution in [-0.4, -0.2) is 13.9 Å². The zero-order valence-electron chi connectivity index (χ0n) is 7.00. The highest BCUT2D eigenvalue weighted by atomic mass is 32.2. The van der Waals surface area contributed by atoms with Gasteiger partial charge in [-0.2, -0.15) is 13.2 Å². The van der Waals surface area contributed by atoms with Crippen LogP contribution in [0.2, 0.25) is 0 Å². The molecular weight excluding hydrogens is 219 g/mol. The van der Waals surface area contributed by atoms with Crippen LogP contribution in [0.4, 0.5) is 13.2 Å². The first-order valence-corrected chi connectivity index (χ1v) is 5.20. The highest BCUT2D eigenvalue weighted by Crippen LogP contribution is 2.33. The summed E-state index contributed by atoms with van der Waals surface area (Å²) in [5.74, 6) is 0. The van der Waals surface area contributed by atoms with Crippen LogP contribution in [0.5, 0.6) is 0 Å². The van der Waals surface area contributed by atoms with Crippen molar-refractivity contribution in [2.45, 2.75) is 18.3 Å². The van der Waals surface area contributed by atoms with E-state index in [0.717, 1.165) is 6.08 Å². The quantitative estimate of drug-likeness (QED) is 0.737. The van der Waals surface area contributed by atoms with Crippen molar-refractivity contribution in [1.82, 2.24) is 0 Å². The molecule has 0 saturated carbocycles. The van der Waals surface area contributed by atoms with E-state index >= 15 is 0 Å². The van der Waals surface area contributed by atoms with Gasteiger partial charge in [-0.1, -0.05) is 0 Å². The minimum atomic E-state index is -5.22. The first-order chi connectivity index (χ1) is 6.25. The van der Waals surface area contributed by atoms with E-state index in [4.69, 9.17) is 5.73 Å². The number of hydrogen-bond acceptors (Lipinski definition) is 3. The summed E-state index contributed by atoms with van der Waals surface area (Å²) in [7, 11) is -5.16. The molecule has 7 heteroatoms. The highest BCUT2D eigenvalue weighted by Gasteiger charge is 2.47. The van der Waals surface area contributed by atoms with E-state index in [-0.39, 0.29) is 12.8 Å². The number of allylic oxidation sites excluding steroid dienone is 4. The van der Waals surface area contributed by atoms with Gasteiger partial charge in [0.2, 0.25) is 0 Å². The van der Waals surface area contributed by atoms with Gasteiger partial charge in [-0.05, 0) is 25.0 Å². The lowest BCUT2D eigenvalue weighted by Gasteiger charge is -2.14. The van der Waals surface area contributed by atoms with Crippen molar-refractivity contribution in [2.24, 2.45) is 5.73 Å². The van der Waals surface area contributed by atoms with Gasteiger partial charge >= 0.3 is 5.51 Å². The van der Waals surface area contributed by atoms with Crippen LogP contribution in [0.3, 0.4) is 0 Å². The fraction of sp³-hybridized carbons (Fsp3) is 0.429. The maximum absolute atomic E-state index is 12.0. The normalized spacial score (nSPS) is 18.8. The Morgan fingerprint density at radius 3 is 2.14 bits per heavy atom. The van der Waals surface area contributed by atoms with Gasteiger partial charge in [0.25, 0.3) is 9.84 Å². The molecule has 0 amide bonds. The molecule has 1 aliphatic carbocycles. The zero-order chi connectivity index (χ0) is 11.0. The SMILES string of the molecule is NC1=CC=C(S(=O)(=O)C(F)(F)F)CC1. The average molecular weight is 227 g/mol. The third-order valence-electron chi connectivity index (χ3n) is 1.79. The Labute approximate surface area is 79.0 Å². The van der Waals surface area contributed by atoms with Crippen molar-refractivity contribution in [3.63, 3.8) is 0 Å². The molecule has 1 aliphatic rings. The van der Waals surface area contributed by atoms with Crippen LogP contribution >= 0.6 is 0 Å². The van der Waals surface area contributed by atoms with Crippen LogP contribution in [0.15, 0.2) is 22.8 Å². The topological polar surface area (TPSA) is 60.2 Å². The average Bonchev–Trinajstić information content (AvgIpc) is 2.03. The molecule has 3 nitrogen and oxygen atoms in total. The molecule has 0 radical (unpaired) electrons. The Balaban J connectivity index is 3.09. The second-order valence-corrected chi connectivity index (χ2v) is 4.82. The summed E-state index contributed by atoms with van der Waals surface area (Å²) < 4.78 is 57.8. The van der Waals surface area contributed by atoms with Gasteiger partial charge in [0.1, 0.15) is 0 Å². The van der Waals surface area contributed by atoms with E-state index in [9.17, 15) is 21.6 Å². The second kappa shape index (κ2) is 3.30. The van der Waals surface area contributed by atoms with E-state index in [1.807, 2.05) is 0 Å². The van der Waals surface area contributed by atoms with Gasteiger partial charge in [-0.3, -0.25) is 0 Å². The molecule has 0 aromatic carbocycles. The standard InChI is InChI=1S/C7H8F3NO2S/c8-7(9,10)14(12,13)6-3-1-5(11)2-4-6/h1,3H,2,4,11H2. The van der Waals surface area contributed by atoms with Gasteiger partial charge in [-0.25, -0.2) is 8.42 Å². The van der Waals surface area contributed by atoms with Crippen LogP contribution in [-0.2, 0) is 9.84 Å². The van der Waals surface area contributed by atoms with Crippen molar-refractivity contribution in [3.05, 3.63) is 22.8 Å². The third-order valence-corrected chi connectivity index (χ3v) is 3.43. The van der Waals surface area contributed by atoms with Gasteiger partial charge < -0.3 is 5.73 Å². The zero-order valence-corrected chi connectivity index (χ0v) is 7.82. The molecule has 0 spiro atoms. The Bertz CT molecular complexity index is 392. The van der Waals surface area contributed by atoms with Crippen molar-refractivity contribution in [2.75, 3.05) is 0 Å². The van der Waals surface area contributed by atoms with E-state index < -0.39 is 20.3 Å². The monoisotopic (exact) mass is 227 g/mol. The lowest BCUT2D eigenvalue weighted by Crippen LogP contribution is -2.25. The Morgan fingerprint density at radius 2 is 1.79 bits per heavy atom. The second-order valence-electron chi connectivity index (χ2n) is 2.82. The van der Waals surface area contributed by atoms with Crippen molar-refractivity contribution in [3.8, 4) is 0 Å². The number of alkyl halides is 3. The Morgan fingerprint density at radius 1 is 1.21 bits per heavy atom.